The maximum absolute atomic E-state index is 12.0. The van der Waals surface area contributed by atoms with Gasteiger partial charge < -0.3 is 10.5 Å². The minimum atomic E-state index is -2.93. The van der Waals surface area contributed by atoms with E-state index in [0.717, 1.165) is 24.2 Å². The molecule has 1 aromatic carbocycles. The lowest BCUT2D eigenvalue weighted by molar-refractivity contribution is 0.317. The van der Waals surface area contributed by atoms with E-state index in [1.807, 2.05) is 24.3 Å². The molecule has 1 fully saturated rings. The van der Waals surface area contributed by atoms with Crippen LogP contribution < -0.4 is 10.5 Å². The number of ether oxygens (including phenoxy) is 1. The number of hydrogen-bond acceptors (Lipinski definition) is 4. The van der Waals surface area contributed by atoms with E-state index >= 15 is 0 Å². The van der Waals surface area contributed by atoms with Crippen molar-refractivity contribution in [3.8, 4) is 5.75 Å². The normalized spacial score (nSPS) is 16.2. The van der Waals surface area contributed by atoms with Crippen LogP contribution in [0, 0.1) is 5.92 Å². The fraction of sp³-hybridized carbons (Fsp3) is 0.625. The summed E-state index contributed by atoms with van der Waals surface area (Å²) in [5.74, 6) is 1.72. The third-order valence-corrected chi connectivity index (χ3v) is 5.86. The Hall–Kier alpha value is -1.07. The number of hydrogen-bond donors (Lipinski definition) is 1. The number of benzene rings is 1. The van der Waals surface area contributed by atoms with Gasteiger partial charge >= 0.3 is 0 Å². The van der Waals surface area contributed by atoms with Crippen LogP contribution >= 0.6 is 0 Å². The van der Waals surface area contributed by atoms with Crippen LogP contribution in [0.25, 0.3) is 0 Å². The van der Waals surface area contributed by atoms with Gasteiger partial charge in [-0.1, -0.05) is 25.0 Å². The largest absolute Gasteiger partial charge is 0.494 e. The maximum Gasteiger partial charge on any atom is 0.150 e. The summed E-state index contributed by atoms with van der Waals surface area (Å²) in [7, 11) is -2.93. The first-order valence-corrected chi connectivity index (χ1v) is 9.53. The SMILES string of the molecule is NCc1cccc(OCCCS(=O)(=O)CC2CCCC2)c1. The smallest absolute Gasteiger partial charge is 0.150 e. The third kappa shape index (κ3) is 5.67. The molecule has 1 aliphatic rings. The van der Waals surface area contributed by atoms with Crippen molar-refractivity contribution in [3.63, 3.8) is 0 Å². The molecule has 0 amide bonds. The zero-order valence-electron chi connectivity index (χ0n) is 12.5. The van der Waals surface area contributed by atoms with Crippen molar-refractivity contribution < 1.29 is 13.2 Å². The topological polar surface area (TPSA) is 69.4 Å². The summed E-state index contributed by atoms with van der Waals surface area (Å²) in [4.78, 5) is 0. The maximum atomic E-state index is 12.0. The summed E-state index contributed by atoms with van der Waals surface area (Å²) in [6.07, 6.45) is 5.05. The summed E-state index contributed by atoms with van der Waals surface area (Å²) in [5, 5.41) is 0. The van der Waals surface area contributed by atoms with Crippen molar-refractivity contribution in [3.05, 3.63) is 29.8 Å². The molecule has 1 aromatic rings. The van der Waals surface area contributed by atoms with Crippen LogP contribution in [-0.2, 0) is 16.4 Å². The van der Waals surface area contributed by atoms with E-state index in [2.05, 4.69) is 0 Å². The average Bonchev–Trinajstić information content (AvgIpc) is 2.96. The molecule has 0 bridgehead atoms. The number of rotatable bonds is 8. The van der Waals surface area contributed by atoms with Crippen molar-refractivity contribution >= 4 is 9.84 Å². The first kappa shape index (κ1) is 16.3. The van der Waals surface area contributed by atoms with Gasteiger partial charge in [0.05, 0.1) is 18.1 Å². The highest BCUT2D eigenvalue weighted by Crippen LogP contribution is 2.26. The van der Waals surface area contributed by atoms with Crippen LogP contribution in [0.15, 0.2) is 24.3 Å². The van der Waals surface area contributed by atoms with Gasteiger partial charge in [0.2, 0.25) is 0 Å². The van der Waals surface area contributed by atoms with Crippen LogP contribution in [0.4, 0.5) is 0 Å². The van der Waals surface area contributed by atoms with Crippen LogP contribution in [0.5, 0.6) is 5.75 Å². The van der Waals surface area contributed by atoms with Gasteiger partial charge in [-0.15, -0.1) is 0 Å². The van der Waals surface area contributed by atoms with Crippen LogP contribution in [0.1, 0.15) is 37.7 Å². The molecule has 1 aliphatic carbocycles. The number of nitrogens with two attached hydrogens (primary N) is 1. The van der Waals surface area contributed by atoms with E-state index in [9.17, 15) is 8.42 Å². The van der Waals surface area contributed by atoms with Gasteiger partial charge in [-0.25, -0.2) is 8.42 Å². The third-order valence-electron chi connectivity index (χ3n) is 3.97. The van der Waals surface area contributed by atoms with E-state index in [4.69, 9.17) is 10.5 Å². The van der Waals surface area contributed by atoms with Crippen LogP contribution in [0.3, 0.4) is 0 Å². The molecule has 0 spiro atoms. The molecule has 0 radical (unpaired) electrons. The molecule has 0 aromatic heterocycles. The van der Waals surface area contributed by atoms with Gasteiger partial charge in [-0.05, 0) is 42.9 Å². The molecule has 0 heterocycles. The van der Waals surface area contributed by atoms with Gasteiger partial charge in [0.25, 0.3) is 0 Å². The molecule has 2 N–H and O–H groups in total. The Morgan fingerprint density at radius 1 is 1.24 bits per heavy atom. The Bertz CT molecular complexity index is 536. The molecule has 5 heteroatoms. The first-order valence-electron chi connectivity index (χ1n) is 7.71. The van der Waals surface area contributed by atoms with Crippen molar-refractivity contribution in [2.24, 2.45) is 11.7 Å². The fourth-order valence-corrected chi connectivity index (χ4v) is 4.63. The fourth-order valence-electron chi connectivity index (χ4n) is 2.85. The second-order valence-electron chi connectivity index (χ2n) is 5.82. The Morgan fingerprint density at radius 3 is 2.71 bits per heavy atom. The Balaban J connectivity index is 1.70. The molecule has 0 saturated heterocycles. The summed E-state index contributed by atoms with van der Waals surface area (Å²) < 4.78 is 29.6. The van der Waals surface area contributed by atoms with Crippen molar-refractivity contribution in [2.45, 2.75) is 38.6 Å². The molecule has 0 unspecified atom stereocenters. The first-order chi connectivity index (χ1) is 10.1. The lowest BCUT2D eigenvalue weighted by Gasteiger charge is -2.11. The quantitative estimate of drug-likeness (QED) is 0.749. The predicted molar refractivity (Wildman–Crippen MR) is 85.1 cm³/mol. The summed E-state index contributed by atoms with van der Waals surface area (Å²) in [5.41, 5.74) is 6.59. The monoisotopic (exact) mass is 311 g/mol. The molecular formula is C16H25NO3S. The summed E-state index contributed by atoms with van der Waals surface area (Å²) in [6, 6.07) is 7.60. The van der Waals surface area contributed by atoms with Gasteiger partial charge in [0, 0.05) is 6.54 Å². The highest BCUT2D eigenvalue weighted by molar-refractivity contribution is 7.91. The summed E-state index contributed by atoms with van der Waals surface area (Å²) in [6.45, 7) is 0.908. The molecule has 2 rings (SSSR count). The molecule has 4 nitrogen and oxygen atoms in total. The standard InChI is InChI=1S/C16H25NO3S/c17-12-15-7-3-8-16(11-15)20-9-4-10-21(18,19)13-14-5-1-2-6-14/h3,7-8,11,14H,1-2,4-6,9-10,12-13,17H2. The van der Waals surface area contributed by atoms with Crippen molar-refractivity contribution in [1.82, 2.24) is 0 Å². The van der Waals surface area contributed by atoms with Crippen LogP contribution in [-0.4, -0.2) is 26.5 Å². The number of sulfone groups is 1. The lowest BCUT2D eigenvalue weighted by Crippen LogP contribution is -2.18. The van der Waals surface area contributed by atoms with Crippen LogP contribution in [0.2, 0.25) is 0 Å². The van der Waals surface area contributed by atoms with Gasteiger partial charge in [0.1, 0.15) is 5.75 Å². The predicted octanol–water partition coefficient (Wildman–Crippen LogP) is 2.52. The van der Waals surface area contributed by atoms with E-state index in [-0.39, 0.29) is 5.75 Å². The molecule has 21 heavy (non-hydrogen) atoms. The van der Waals surface area contributed by atoms with E-state index < -0.39 is 9.84 Å². The van der Waals surface area contributed by atoms with Gasteiger partial charge in [-0.2, -0.15) is 0 Å². The van der Waals surface area contributed by atoms with Crippen molar-refractivity contribution in [2.75, 3.05) is 18.1 Å². The molecule has 0 atom stereocenters. The van der Waals surface area contributed by atoms with E-state index in [1.54, 1.807) is 0 Å². The molecule has 118 valence electrons. The Morgan fingerprint density at radius 2 is 2.00 bits per heavy atom. The zero-order chi connectivity index (χ0) is 15.1. The average molecular weight is 311 g/mol. The Kier molecular flexibility index (Phi) is 6.06. The second kappa shape index (κ2) is 7.80. The minimum absolute atomic E-state index is 0.222. The van der Waals surface area contributed by atoms with E-state index in [0.29, 0.717) is 31.2 Å². The highest BCUT2D eigenvalue weighted by atomic mass is 32.2. The molecule has 0 aliphatic heterocycles. The molecular weight excluding hydrogens is 286 g/mol. The lowest BCUT2D eigenvalue weighted by atomic mass is 10.1. The highest BCUT2D eigenvalue weighted by Gasteiger charge is 2.22. The van der Waals surface area contributed by atoms with E-state index in [1.165, 1.54) is 12.8 Å². The van der Waals surface area contributed by atoms with Crippen molar-refractivity contribution in [1.29, 1.82) is 0 Å². The Labute approximate surface area is 127 Å². The summed E-state index contributed by atoms with van der Waals surface area (Å²) >= 11 is 0. The minimum Gasteiger partial charge on any atom is -0.494 e. The van der Waals surface area contributed by atoms with Gasteiger partial charge in [-0.3, -0.25) is 0 Å². The van der Waals surface area contributed by atoms with Gasteiger partial charge in [0.15, 0.2) is 9.84 Å². The molecule has 1 saturated carbocycles. The zero-order valence-corrected chi connectivity index (χ0v) is 13.3. The second-order valence-corrected chi connectivity index (χ2v) is 8.05.